The number of hydrogen-bond acceptors (Lipinski definition) is 7. The van der Waals surface area contributed by atoms with Crippen LogP contribution in [0.2, 0.25) is 0 Å². The number of pyridine rings is 1. The van der Waals surface area contributed by atoms with Gasteiger partial charge in [-0.3, -0.25) is 19.4 Å². The monoisotopic (exact) mass is 634 g/mol. The van der Waals surface area contributed by atoms with Gasteiger partial charge in [0.1, 0.15) is 29.9 Å². The van der Waals surface area contributed by atoms with E-state index in [9.17, 15) is 33.4 Å². The van der Waals surface area contributed by atoms with E-state index in [1.54, 1.807) is 12.1 Å². The van der Waals surface area contributed by atoms with Crippen LogP contribution in [0.3, 0.4) is 0 Å². The van der Waals surface area contributed by atoms with Gasteiger partial charge in [-0.25, -0.2) is 8.78 Å². The Labute approximate surface area is 264 Å². The molecule has 0 unspecified atom stereocenters. The third-order valence-corrected chi connectivity index (χ3v) is 7.70. The van der Waals surface area contributed by atoms with Crippen LogP contribution in [0.4, 0.5) is 8.78 Å². The normalized spacial score (nSPS) is 14.7. The van der Waals surface area contributed by atoms with Gasteiger partial charge in [0.2, 0.25) is 11.8 Å². The van der Waals surface area contributed by atoms with Crippen molar-refractivity contribution in [3.05, 3.63) is 65.5 Å². The summed E-state index contributed by atoms with van der Waals surface area (Å²) in [7, 11) is 1.45. The minimum atomic E-state index is -1.68. The highest BCUT2D eigenvalue weighted by molar-refractivity contribution is 5.97. The van der Waals surface area contributed by atoms with Crippen LogP contribution >= 0.6 is 0 Å². The molecule has 0 saturated heterocycles. The molecule has 0 spiro atoms. The van der Waals surface area contributed by atoms with Crippen molar-refractivity contribution in [2.24, 2.45) is 5.92 Å². The predicted octanol–water partition coefficient (Wildman–Crippen LogP) is 3.45. The summed E-state index contributed by atoms with van der Waals surface area (Å²) in [6.45, 7) is 5.59. The molecule has 2 rings (SSSR count). The van der Waals surface area contributed by atoms with Gasteiger partial charge in [0.15, 0.2) is 0 Å². The molecule has 250 valence electrons. The van der Waals surface area contributed by atoms with Crippen molar-refractivity contribution in [2.75, 3.05) is 13.7 Å². The quantitative estimate of drug-likeness (QED) is 0.150. The Morgan fingerprint density at radius 2 is 1.53 bits per heavy atom. The lowest BCUT2D eigenvalue weighted by Crippen LogP contribution is -2.59. The van der Waals surface area contributed by atoms with Crippen LogP contribution in [0.1, 0.15) is 81.6 Å². The molecule has 0 fully saturated rings. The van der Waals surface area contributed by atoms with Crippen LogP contribution in [0.15, 0.2) is 42.7 Å². The summed E-state index contributed by atoms with van der Waals surface area (Å²) in [5.41, 5.74) is 0.381. The standard InChI is InChI=1S/C33H48F2N4O6/c1-5-8-22(9-6-2)11-12-28(38-32(43)24-10-7-14-36-20-24)33(44)39-29(18-23-16-25(34)19-26(35)17-23)31(42)30(41)27(13-15-45-4)37-21(3)40/h7,10,14,16-17,19-20,22,27-31,41-42H,5-6,8-9,11-13,15,18H2,1-4H3,(H,37,40)(H,38,43)(H,39,44)/t27-,28+,29-,30+,31-/m0/s1. The van der Waals surface area contributed by atoms with Gasteiger partial charge < -0.3 is 30.9 Å². The summed E-state index contributed by atoms with van der Waals surface area (Å²) < 4.78 is 33.3. The van der Waals surface area contributed by atoms with Crippen molar-refractivity contribution < 1.29 is 38.1 Å². The molecule has 5 N–H and O–H groups in total. The average molecular weight is 635 g/mol. The lowest BCUT2D eigenvalue weighted by Gasteiger charge is -2.33. The molecule has 2 aromatic rings. The van der Waals surface area contributed by atoms with Gasteiger partial charge in [-0.2, -0.15) is 0 Å². The van der Waals surface area contributed by atoms with E-state index < -0.39 is 59.7 Å². The largest absolute Gasteiger partial charge is 0.388 e. The van der Waals surface area contributed by atoms with Gasteiger partial charge in [-0.05, 0) is 61.4 Å². The van der Waals surface area contributed by atoms with E-state index in [2.05, 4.69) is 34.8 Å². The molecule has 45 heavy (non-hydrogen) atoms. The topological polar surface area (TPSA) is 150 Å². The van der Waals surface area contributed by atoms with E-state index in [1.807, 2.05) is 0 Å². The van der Waals surface area contributed by atoms with Crippen molar-refractivity contribution in [3.63, 3.8) is 0 Å². The maximum absolute atomic E-state index is 14.1. The Morgan fingerprint density at radius 1 is 0.889 bits per heavy atom. The molecule has 5 atom stereocenters. The minimum Gasteiger partial charge on any atom is -0.388 e. The molecule has 0 saturated carbocycles. The Hall–Kier alpha value is -3.48. The number of carbonyl (C=O) groups is 3. The first-order valence-corrected chi connectivity index (χ1v) is 15.6. The maximum Gasteiger partial charge on any atom is 0.253 e. The third-order valence-electron chi connectivity index (χ3n) is 7.70. The van der Waals surface area contributed by atoms with Crippen molar-refractivity contribution in [1.82, 2.24) is 20.9 Å². The number of aliphatic hydroxyl groups excluding tert-OH is 2. The zero-order valence-corrected chi connectivity index (χ0v) is 26.6. The van der Waals surface area contributed by atoms with E-state index in [0.29, 0.717) is 24.8 Å². The summed E-state index contributed by atoms with van der Waals surface area (Å²) in [6.07, 6.45) is 4.33. The maximum atomic E-state index is 14.1. The van der Waals surface area contributed by atoms with Crippen LogP contribution in [0.25, 0.3) is 0 Å². The van der Waals surface area contributed by atoms with E-state index in [-0.39, 0.29) is 30.6 Å². The van der Waals surface area contributed by atoms with Gasteiger partial charge in [0.05, 0.1) is 17.6 Å². The molecule has 3 amide bonds. The van der Waals surface area contributed by atoms with Crippen molar-refractivity contribution in [2.45, 2.75) is 102 Å². The van der Waals surface area contributed by atoms with Crippen molar-refractivity contribution >= 4 is 17.7 Å². The first-order valence-electron chi connectivity index (χ1n) is 15.6. The molecule has 1 aromatic carbocycles. The molecular weight excluding hydrogens is 586 g/mol. The lowest BCUT2D eigenvalue weighted by atomic mass is 9.90. The number of nitrogens with one attached hydrogen (secondary N) is 3. The summed E-state index contributed by atoms with van der Waals surface area (Å²) in [5, 5.41) is 30.6. The number of halogens is 2. The van der Waals surface area contributed by atoms with E-state index in [4.69, 9.17) is 4.74 Å². The Kier molecular flexibility index (Phi) is 16.6. The molecule has 1 aromatic heterocycles. The number of aliphatic hydroxyl groups is 2. The number of methoxy groups -OCH3 is 1. The van der Waals surface area contributed by atoms with Gasteiger partial charge in [-0.15, -0.1) is 0 Å². The highest BCUT2D eigenvalue weighted by Crippen LogP contribution is 2.21. The average Bonchev–Trinajstić information content (AvgIpc) is 2.99. The SMILES string of the molecule is CCCC(CCC)CC[C@@H](NC(=O)c1cccnc1)C(=O)N[C@@H](Cc1cc(F)cc(F)c1)[C@H](O)[C@H](O)[C@H](CCOC)NC(C)=O. The second-order valence-electron chi connectivity index (χ2n) is 11.5. The number of carbonyl (C=O) groups excluding carboxylic acids is 3. The molecule has 0 aliphatic rings. The van der Waals surface area contributed by atoms with Gasteiger partial charge in [0.25, 0.3) is 5.91 Å². The smallest absolute Gasteiger partial charge is 0.253 e. The number of benzene rings is 1. The second kappa shape index (κ2) is 19.8. The van der Waals surface area contributed by atoms with Crippen LogP contribution in [0, 0.1) is 17.6 Å². The number of hydrogen-bond donors (Lipinski definition) is 5. The zero-order valence-electron chi connectivity index (χ0n) is 26.6. The van der Waals surface area contributed by atoms with Crippen LogP contribution in [-0.2, 0) is 20.7 Å². The van der Waals surface area contributed by atoms with Gasteiger partial charge >= 0.3 is 0 Å². The number of rotatable bonds is 20. The zero-order chi connectivity index (χ0) is 33.4. The number of nitrogens with zero attached hydrogens (tertiary/aromatic N) is 1. The molecular formula is C33H48F2N4O6. The first-order chi connectivity index (χ1) is 21.5. The molecule has 0 bridgehead atoms. The fraction of sp³-hybridized carbons (Fsp3) is 0.576. The Morgan fingerprint density at radius 3 is 2.09 bits per heavy atom. The van der Waals surface area contributed by atoms with Gasteiger partial charge in [-0.1, -0.05) is 39.5 Å². The fourth-order valence-electron chi connectivity index (χ4n) is 5.49. The fourth-order valence-corrected chi connectivity index (χ4v) is 5.49. The predicted molar refractivity (Wildman–Crippen MR) is 166 cm³/mol. The van der Waals surface area contributed by atoms with Crippen LogP contribution in [-0.4, -0.2) is 77.0 Å². The van der Waals surface area contributed by atoms with Crippen LogP contribution in [0.5, 0.6) is 0 Å². The lowest BCUT2D eigenvalue weighted by molar-refractivity contribution is -0.127. The van der Waals surface area contributed by atoms with E-state index in [0.717, 1.165) is 37.8 Å². The molecule has 0 radical (unpaired) electrons. The van der Waals surface area contributed by atoms with Gasteiger partial charge in [0, 0.05) is 39.1 Å². The molecule has 0 aliphatic carbocycles. The summed E-state index contributed by atoms with van der Waals surface area (Å²) in [4.78, 5) is 42.7. The van der Waals surface area contributed by atoms with Crippen molar-refractivity contribution in [1.29, 1.82) is 0 Å². The summed E-state index contributed by atoms with van der Waals surface area (Å²) in [5.74, 6) is -2.97. The van der Waals surface area contributed by atoms with Crippen molar-refractivity contribution in [3.8, 4) is 0 Å². The third kappa shape index (κ3) is 13.2. The molecule has 0 aliphatic heterocycles. The second-order valence-corrected chi connectivity index (χ2v) is 11.5. The Bertz CT molecular complexity index is 1180. The minimum absolute atomic E-state index is 0.124. The number of aromatic nitrogens is 1. The number of amides is 3. The summed E-state index contributed by atoms with van der Waals surface area (Å²) >= 11 is 0. The molecule has 1 heterocycles. The molecule has 12 heteroatoms. The highest BCUT2D eigenvalue weighted by Gasteiger charge is 2.35. The Balaban J connectivity index is 2.41. The van der Waals surface area contributed by atoms with E-state index in [1.165, 1.54) is 26.4 Å². The molecule has 10 nitrogen and oxygen atoms in total. The number of ether oxygens (including phenoxy) is 1. The van der Waals surface area contributed by atoms with E-state index >= 15 is 0 Å². The highest BCUT2D eigenvalue weighted by atomic mass is 19.1. The summed E-state index contributed by atoms with van der Waals surface area (Å²) in [6, 6.07) is 2.77. The van der Waals surface area contributed by atoms with Crippen LogP contribution < -0.4 is 16.0 Å². The first kappa shape index (κ1) is 37.7.